The smallest absolute Gasteiger partial charge is 0.238 e. The highest BCUT2D eigenvalue weighted by atomic mass is 16.7. The third-order valence-electron chi connectivity index (χ3n) is 2.84. The fourth-order valence-corrected chi connectivity index (χ4v) is 1.77. The molecule has 1 aliphatic rings. The molecule has 5 heteroatoms. The van der Waals surface area contributed by atoms with Crippen molar-refractivity contribution in [1.82, 2.24) is 5.32 Å². The van der Waals surface area contributed by atoms with E-state index in [4.69, 9.17) is 9.47 Å². The van der Waals surface area contributed by atoms with Crippen LogP contribution in [0.5, 0.6) is 11.5 Å². The zero-order chi connectivity index (χ0) is 13.7. The second-order valence-corrected chi connectivity index (χ2v) is 4.98. The summed E-state index contributed by atoms with van der Waals surface area (Å²) in [5.41, 5.74) is 0.722. The first-order chi connectivity index (χ1) is 9.15. The number of benzene rings is 1. The first-order valence-electron chi connectivity index (χ1n) is 6.55. The Bertz CT molecular complexity index is 446. The van der Waals surface area contributed by atoms with Crippen LogP contribution < -0.4 is 20.1 Å². The molecule has 0 spiro atoms. The summed E-state index contributed by atoms with van der Waals surface area (Å²) in [5, 5.41) is 5.94. The van der Waals surface area contributed by atoms with Crippen LogP contribution in [0.3, 0.4) is 0 Å². The van der Waals surface area contributed by atoms with Gasteiger partial charge in [-0.3, -0.25) is 4.79 Å². The topological polar surface area (TPSA) is 59.6 Å². The van der Waals surface area contributed by atoms with Crippen molar-refractivity contribution in [2.75, 3.05) is 25.2 Å². The van der Waals surface area contributed by atoms with Crippen LogP contribution >= 0.6 is 0 Å². The van der Waals surface area contributed by atoms with Crippen molar-refractivity contribution in [1.29, 1.82) is 0 Å². The predicted molar refractivity (Wildman–Crippen MR) is 73.5 cm³/mol. The van der Waals surface area contributed by atoms with Gasteiger partial charge in [0.25, 0.3) is 0 Å². The second kappa shape index (κ2) is 6.43. The highest BCUT2D eigenvalue weighted by Gasteiger charge is 2.13. The Hall–Kier alpha value is -1.75. The Balaban J connectivity index is 1.76. The van der Waals surface area contributed by atoms with Gasteiger partial charge < -0.3 is 20.1 Å². The van der Waals surface area contributed by atoms with Gasteiger partial charge in [-0.1, -0.05) is 13.8 Å². The van der Waals surface area contributed by atoms with Crippen LogP contribution in [0.1, 0.15) is 20.3 Å². The molecule has 0 saturated heterocycles. The number of ether oxygens (including phenoxy) is 2. The van der Waals surface area contributed by atoms with Crippen molar-refractivity contribution < 1.29 is 14.3 Å². The summed E-state index contributed by atoms with van der Waals surface area (Å²) in [6.07, 6.45) is 1.07. The predicted octanol–water partition coefficient (Wildman–Crippen LogP) is 1.99. The molecule has 2 N–H and O–H groups in total. The van der Waals surface area contributed by atoms with Gasteiger partial charge in [0.2, 0.25) is 12.7 Å². The van der Waals surface area contributed by atoms with Crippen molar-refractivity contribution in [3.63, 3.8) is 0 Å². The molecule has 1 aromatic carbocycles. The summed E-state index contributed by atoms with van der Waals surface area (Å²) in [7, 11) is 0. The van der Waals surface area contributed by atoms with Gasteiger partial charge in [-0.2, -0.15) is 0 Å². The van der Waals surface area contributed by atoms with Crippen molar-refractivity contribution in [2.24, 2.45) is 5.92 Å². The fraction of sp³-hybridized carbons (Fsp3) is 0.500. The maximum absolute atomic E-state index is 11.7. The van der Waals surface area contributed by atoms with Crippen LogP contribution in [0.4, 0.5) is 5.69 Å². The molecule has 1 heterocycles. The van der Waals surface area contributed by atoms with Crippen molar-refractivity contribution in [2.45, 2.75) is 20.3 Å². The molecule has 0 aromatic heterocycles. The number of nitrogens with one attached hydrogen (secondary N) is 2. The maximum Gasteiger partial charge on any atom is 0.238 e. The molecule has 0 fully saturated rings. The minimum atomic E-state index is -0.0531. The van der Waals surface area contributed by atoms with Crippen molar-refractivity contribution in [3.8, 4) is 11.5 Å². The largest absolute Gasteiger partial charge is 0.454 e. The molecule has 1 amide bonds. The number of carbonyl (C=O) groups is 1. The highest BCUT2D eigenvalue weighted by molar-refractivity contribution is 5.92. The molecular weight excluding hydrogens is 244 g/mol. The van der Waals surface area contributed by atoms with Gasteiger partial charge in [0.1, 0.15) is 0 Å². The van der Waals surface area contributed by atoms with Gasteiger partial charge in [-0.05, 0) is 31.0 Å². The van der Waals surface area contributed by atoms with Gasteiger partial charge in [0, 0.05) is 11.8 Å². The van der Waals surface area contributed by atoms with Gasteiger partial charge in [-0.25, -0.2) is 0 Å². The first-order valence-corrected chi connectivity index (χ1v) is 6.55. The lowest BCUT2D eigenvalue weighted by molar-refractivity contribution is -0.115. The lowest BCUT2D eigenvalue weighted by Crippen LogP contribution is -2.29. The maximum atomic E-state index is 11.7. The van der Waals surface area contributed by atoms with Crippen molar-refractivity contribution >= 4 is 11.6 Å². The molecule has 104 valence electrons. The third-order valence-corrected chi connectivity index (χ3v) is 2.84. The first kappa shape index (κ1) is 13.7. The minimum Gasteiger partial charge on any atom is -0.454 e. The zero-order valence-electron chi connectivity index (χ0n) is 11.4. The summed E-state index contributed by atoms with van der Waals surface area (Å²) in [6.45, 7) is 5.74. The zero-order valence-corrected chi connectivity index (χ0v) is 11.4. The molecule has 0 unspecified atom stereocenters. The van der Waals surface area contributed by atoms with E-state index in [-0.39, 0.29) is 12.7 Å². The quantitative estimate of drug-likeness (QED) is 0.771. The molecule has 19 heavy (non-hydrogen) atoms. The lowest BCUT2D eigenvalue weighted by atomic mass is 10.1. The van der Waals surface area contributed by atoms with Gasteiger partial charge in [0.15, 0.2) is 11.5 Å². The van der Waals surface area contributed by atoms with Crippen LogP contribution in [0.15, 0.2) is 18.2 Å². The molecule has 0 atom stereocenters. The Labute approximate surface area is 113 Å². The highest BCUT2D eigenvalue weighted by Crippen LogP contribution is 2.34. The molecule has 5 nitrogen and oxygen atoms in total. The summed E-state index contributed by atoms with van der Waals surface area (Å²) >= 11 is 0. The lowest BCUT2D eigenvalue weighted by Gasteiger charge is -2.08. The van der Waals surface area contributed by atoms with E-state index < -0.39 is 0 Å². The second-order valence-electron chi connectivity index (χ2n) is 4.98. The van der Waals surface area contributed by atoms with Crippen LogP contribution in [-0.2, 0) is 4.79 Å². The van der Waals surface area contributed by atoms with E-state index in [1.54, 1.807) is 18.2 Å². The Morgan fingerprint density at radius 2 is 2.11 bits per heavy atom. The van der Waals surface area contributed by atoms with E-state index in [0.29, 0.717) is 24.0 Å². The number of carbonyl (C=O) groups excluding carboxylic acids is 1. The molecular formula is C14H20N2O3. The summed E-state index contributed by atoms with van der Waals surface area (Å²) < 4.78 is 10.5. The average Bonchev–Trinajstić information content (AvgIpc) is 2.82. The fourth-order valence-electron chi connectivity index (χ4n) is 1.77. The van der Waals surface area contributed by atoms with Crippen LogP contribution in [0.25, 0.3) is 0 Å². The van der Waals surface area contributed by atoms with Gasteiger partial charge in [-0.15, -0.1) is 0 Å². The summed E-state index contributed by atoms with van der Waals surface area (Å²) in [6, 6.07) is 5.37. The summed E-state index contributed by atoms with van der Waals surface area (Å²) in [5.74, 6) is 1.98. The number of hydrogen-bond donors (Lipinski definition) is 2. The Morgan fingerprint density at radius 1 is 1.32 bits per heavy atom. The minimum absolute atomic E-state index is 0.0531. The Kier molecular flexibility index (Phi) is 4.63. The van der Waals surface area contributed by atoms with E-state index in [0.717, 1.165) is 18.7 Å². The number of amides is 1. The van der Waals surface area contributed by atoms with E-state index in [1.165, 1.54) is 0 Å². The molecule has 0 radical (unpaired) electrons. The van der Waals surface area contributed by atoms with Crippen LogP contribution in [0.2, 0.25) is 0 Å². The van der Waals surface area contributed by atoms with Crippen molar-refractivity contribution in [3.05, 3.63) is 18.2 Å². The number of anilines is 1. The van der Waals surface area contributed by atoms with Crippen LogP contribution in [-0.4, -0.2) is 25.8 Å². The van der Waals surface area contributed by atoms with E-state index in [2.05, 4.69) is 24.5 Å². The third kappa shape index (κ3) is 4.13. The van der Waals surface area contributed by atoms with Gasteiger partial charge >= 0.3 is 0 Å². The Morgan fingerprint density at radius 3 is 2.89 bits per heavy atom. The molecule has 0 aliphatic carbocycles. The van der Waals surface area contributed by atoms with E-state index >= 15 is 0 Å². The standard InChI is InChI=1S/C14H20N2O3/c1-10(2)5-6-15-8-14(17)16-11-3-4-12-13(7-11)19-9-18-12/h3-4,7,10,15H,5-6,8-9H2,1-2H3,(H,16,17). The number of rotatable bonds is 6. The van der Waals surface area contributed by atoms with E-state index in [9.17, 15) is 4.79 Å². The molecule has 1 aliphatic heterocycles. The van der Waals surface area contributed by atoms with Crippen LogP contribution in [0, 0.1) is 5.92 Å². The monoisotopic (exact) mass is 264 g/mol. The number of hydrogen-bond acceptors (Lipinski definition) is 4. The number of fused-ring (bicyclic) bond motifs is 1. The van der Waals surface area contributed by atoms with Gasteiger partial charge in [0.05, 0.1) is 6.54 Å². The van der Waals surface area contributed by atoms with E-state index in [1.807, 2.05) is 0 Å². The molecule has 2 rings (SSSR count). The molecule has 0 bridgehead atoms. The normalized spacial score (nSPS) is 12.8. The summed E-state index contributed by atoms with van der Waals surface area (Å²) in [4.78, 5) is 11.7. The average molecular weight is 264 g/mol. The molecule has 1 aromatic rings. The SMILES string of the molecule is CC(C)CCNCC(=O)Nc1ccc2c(c1)OCO2. The molecule has 0 saturated carbocycles.